The highest BCUT2D eigenvalue weighted by Crippen LogP contribution is 2.24. The minimum atomic E-state index is -0.516. The molecule has 0 bridgehead atoms. The highest BCUT2D eigenvalue weighted by molar-refractivity contribution is 5.82. The summed E-state index contributed by atoms with van der Waals surface area (Å²) >= 11 is 0. The molecule has 110 valence electrons. The Morgan fingerprint density at radius 2 is 2.20 bits per heavy atom. The van der Waals surface area contributed by atoms with Crippen LogP contribution in [-0.2, 0) is 33.7 Å². The monoisotopic (exact) mass is 278 g/mol. The smallest absolute Gasteiger partial charge is 0.311 e. The third-order valence-corrected chi connectivity index (χ3v) is 3.75. The van der Waals surface area contributed by atoms with Gasteiger partial charge in [-0.25, -0.2) is 0 Å². The van der Waals surface area contributed by atoms with Crippen LogP contribution in [0.3, 0.4) is 0 Å². The van der Waals surface area contributed by atoms with Gasteiger partial charge in [0.25, 0.3) is 0 Å². The highest BCUT2D eigenvalue weighted by atomic mass is 16.5. The number of rotatable bonds is 5. The quantitative estimate of drug-likeness (QED) is 0.772. The van der Waals surface area contributed by atoms with Gasteiger partial charge in [0.05, 0.1) is 17.7 Å². The third-order valence-electron chi connectivity index (χ3n) is 3.75. The molecule has 0 aromatic carbocycles. The third kappa shape index (κ3) is 3.26. The standard InChI is InChI=1S/C15H22N2O3/c1-4-20-14(19)15(2,3)7-8-17-10-11-9-12(18)5-6-13(11)16-17/h10H,4-9H2,1-3H3. The molecule has 0 N–H and O–H groups in total. The molecule has 0 unspecified atom stereocenters. The molecule has 1 aliphatic rings. The van der Waals surface area contributed by atoms with E-state index in [1.807, 2.05) is 31.6 Å². The molecule has 5 heteroatoms. The van der Waals surface area contributed by atoms with Crippen LogP contribution in [0.1, 0.15) is 44.9 Å². The summed E-state index contributed by atoms with van der Waals surface area (Å²) in [4.78, 5) is 23.2. The summed E-state index contributed by atoms with van der Waals surface area (Å²) in [5, 5.41) is 4.51. The molecule has 0 spiro atoms. The zero-order chi connectivity index (χ0) is 14.8. The first kappa shape index (κ1) is 14.8. The average Bonchev–Trinajstić information content (AvgIpc) is 2.78. The molecule has 1 aromatic heterocycles. The van der Waals surface area contributed by atoms with Crippen LogP contribution in [0.4, 0.5) is 0 Å². The van der Waals surface area contributed by atoms with Crippen LogP contribution in [0.2, 0.25) is 0 Å². The van der Waals surface area contributed by atoms with Crippen LogP contribution in [-0.4, -0.2) is 28.1 Å². The van der Waals surface area contributed by atoms with E-state index in [-0.39, 0.29) is 11.8 Å². The summed E-state index contributed by atoms with van der Waals surface area (Å²) in [6.45, 7) is 6.65. The maximum atomic E-state index is 11.8. The van der Waals surface area contributed by atoms with Gasteiger partial charge in [-0.05, 0) is 33.6 Å². The summed E-state index contributed by atoms with van der Waals surface area (Å²) in [5.41, 5.74) is 1.55. The van der Waals surface area contributed by atoms with E-state index in [2.05, 4.69) is 5.10 Å². The van der Waals surface area contributed by atoms with Gasteiger partial charge in [-0.15, -0.1) is 0 Å². The Labute approximate surface area is 119 Å². The van der Waals surface area contributed by atoms with E-state index in [9.17, 15) is 9.59 Å². The summed E-state index contributed by atoms with van der Waals surface area (Å²) in [5.74, 6) is 0.107. The van der Waals surface area contributed by atoms with Crippen LogP contribution < -0.4 is 0 Å². The number of ether oxygens (including phenoxy) is 1. The van der Waals surface area contributed by atoms with Crippen molar-refractivity contribution >= 4 is 11.8 Å². The van der Waals surface area contributed by atoms with Crippen molar-refractivity contribution in [1.82, 2.24) is 9.78 Å². The largest absolute Gasteiger partial charge is 0.466 e. The molecular formula is C15H22N2O3. The average molecular weight is 278 g/mol. The molecule has 1 heterocycles. The minimum absolute atomic E-state index is 0.174. The number of hydrogen-bond donors (Lipinski definition) is 0. The number of Topliss-reactive ketones (excluding diaryl/α,β-unsaturated/α-hetero) is 1. The van der Waals surface area contributed by atoms with E-state index in [0.29, 0.717) is 32.4 Å². The maximum Gasteiger partial charge on any atom is 0.311 e. The molecule has 0 amide bonds. The van der Waals surface area contributed by atoms with Gasteiger partial charge in [0, 0.05) is 31.1 Å². The van der Waals surface area contributed by atoms with Gasteiger partial charge in [-0.1, -0.05) is 0 Å². The maximum absolute atomic E-state index is 11.8. The Hall–Kier alpha value is -1.65. The molecular weight excluding hydrogens is 256 g/mol. The normalized spacial score (nSPS) is 15.1. The number of carbonyl (C=O) groups is 2. The molecule has 0 saturated heterocycles. The van der Waals surface area contributed by atoms with Gasteiger partial charge in [0.15, 0.2) is 0 Å². The van der Waals surface area contributed by atoms with Crippen LogP contribution in [0.5, 0.6) is 0 Å². The Kier molecular flexibility index (Phi) is 4.26. The lowest BCUT2D eigenvalue weighted by Gasteiger charge is -2.21. The molecule has 20 heavy (non-hydrogen) atoms. The fourth-order valence-corrected chi connectivity index (χ4v) is 2.36. The molecule has 0 radical (unpaired) electrons. The van der Waals surface area contributed by atoms with E-state index < -0.39 is 5.41 Å². The first-order chi connectivity index (χ1) is 9.42. The molecule has 0 atom stereocenters. The zero-order valence-electron chi connectivity index (χ0n) is 12.4. The molecule has 0 fully saturated rings. The minimum Gasteiger partial charge on any atom is -0.466 e. The predicted octanol–water partition coefficient (Wildman–Crippen LogP) is 1.92. The lowest BCUT2D eigenvalue weighted by Crippen LogP contribution is -2.28. The van der Waals surface area contributed by atoms with Gasteiger partial charge in [-0.3, -0.25) is 14.3 Å². The van der Waals surface area contributed by atoms with Crippen molar-refractivity contribution in [1.29, 1.82) is 0 Å². The van der Waals surface area contributed by atoms with Gasteiger partial charge in [0.1, 0.15) is 5.78 Å². The van der Waals surface area contributed by atoms with Crippen molar-refractivity contribution < 1.29 is 14.3 Å². The second kappa shape index (κ2) is 5.77. The van der Waals surface area contributed by atoms with Crippen LogP contribution in [0.25, 0.3) is 0 Å². The summed E-state index contributed by atoms with van der Waals surface area (Å²) in [7, 11) is 0. The number of ketones is 1. The molecule has 5 nitrogen and oxygen atoms in total. The van der Waals surface area contributed by atoms with Gasteiger partial charge in [0.2, 0.25) is 0 Å². The number of fused-ring (bicyclic) bond motifs is 1. The van der Waals surface area contributed by atoms with Crippen molar-refractivity contribution in [2.75, 3.05) is 6.61 Å². The molecule has 0 aliphatic heterocycles. The Morgan fingerprint density at radius 1 is 1.45 bits per heavy atom. The first-order valence-corrected chi connectivity index (χ1v) is 7.16. The van der Waals surface area contributed by atoms with Crippen molar-refractivity contribution in [3.8, 4) is 0 Å². The van der Waals surface area contributed by atoms with E-state index in [4.69, 9.17) is 4.74 Å². The number of hydrogen-bond acceptors (Lipinski definition) is 4. The zero-order valence-corrected chi connectivity index (χ0v) is 12.4. The lowest BCUT2D eigenvalue weighted by atomic mass is 9.89. The van der Waals surface area contributed by atoms with Crippen molar-refractivity contribution in [2.24, 2.45) is 5.41 Å². The first-order valence-electron chi connectivity index (χ1n) is 7.16. The Balaban J connectivity index is 1.97. The van der Waals surface area contributed by atoms with Gasteiger partial charge in [-0.2, -0.15) is 5.10 Å². The molecule has 2 rings (SSSR count). The van der Waals surface area contributed by atoms with Crippen LogP contribution in [0, 0.1) is 5.41 Å². The number of nitrogens with zero attached hydrogens (tertiary/aromatic N) is 2. The number of aryl methyl sites for hydroxylation is 2. The Bertz CT molecular complexity index is 517. The van der Waals surface area contributed by atoms with E-state index in [1.54, 1.807) is 0 Å². The summed E-state index contributed by atoms with van der Waals surface area (Å²) in [6, 6.07) is 0. The molecule has 1 aliphatic carbocycles. The number of carbonyl (C=O) groups excluding carboxylic acids is 2. The Morgan fingerprint density at radius 3 is 2.90 bits per heavy atom. The predicted molar refractivity (Wildman–Crippen MR) is 74.3 cm³/mol. The summed E-state index contributed by atoms with van der Waals surface area (Å²) in [6.07, 6.45) is 4.44. The fourth-order valence-electron chi connectivity index (χ4n) is 2.36. The van der Waals surface area contributed by atoms with Crippen molar-refractivity contribution in [2.45, 2.75) is 53.0 Å². The lowest BCUT2D eigenvalue weighted by molar-refractivity contribution is -0.153. The van der Waals surface area contributed by atoms with E-state index in [0.717, 1.165) is 17.7 Å². The fraction of sp³-hybridized carbons (Fsp3) is 0.667. The van der Waals surface area contributed by atoms with Gasteiger partial charge >= 0.3 is 5.97 Å². The number of esters is 1. The highest BCUT2D eigenvalue weighted by Gasteiger charge is 2.29. The van der Waals surface area contributed by atoms with Crippen molar-refractivity contribution in [3.63, 3.8) is 0 Å². The van der Waals surface area contributed by atoms with Crippen molar-refractivity contribution in [3.05, 3.63) is 17.5 Å². The summed E-state index contributed by atoms with van der Waals surface area (Å²) < 4.78 is 6.93. The topological polar surface area (TPSA) is 61.2 Å². The van der Waals surface area contributed by atoms with E-state index in [1.165, 1.54) is 0 Å². The van der Waals surface area contributed by atoms with Gasteiger partial charge < -0.3 is 4.74 Å². The number of aromatic nitrogens is 2. The molecule has 0 saturated carbocycles. The second-order valence-electron chi connectivity index (χ2n) is 5.93. The molecule has 1 aromatic rings. The second-order valence-corrected chi connectivity index (χ2v) is 5.93. The van der Waals surface area contributed by atoms with Crippen LogP contribution in [0.15, 0.2) is 6.20 Å². The SMILES string of the molecule is CCOC(=O)C(C)(C)CCn1cc2c(n1)CCC(=O)C2. The van der Waals surface area contributed by atoms with Crippen LogP contribution >= 0.6 is 0 Å². The van der Waals surface area contributed by atoms with E-state index >= 15 is 0 Å².